The first-order valence-electron chi connectivity index (χ1n) is 19.4. The van der Waals surface area contributed by atoms with Crippen molar-refractivity contribution in [3.05, 3.63) is 229 Å². The van der Waals surface area contributed by atoms with Crippen molar-refractivity contribution in [2.75, 3.05) is 4.90 Å². The monoisotopic (exact) mass is 718 g/mol. The lowest BCUT2D eigenvalue weighted by molar-refractivity contribution is 0.744. The number of fused-ring (bicyclic) bond motifs is 6. The lowest BCUT2D eigenvalue weighted by Crippen LogP contribution is -2.31. The Bertz CT molecular complexity index is 2840. The molecule has 0 saturated carbocycles. The van der Waals surface area contributed by atoms with Crippen LogP contribution in [0.25, 0.3) is 44.3 Å². The van der Waals surface area contributed by atoms with E-state index in [2.05, 4.69) is 221 Å². The molecule has 3 atom stereocenters. The van der Waals surface area contributed by atoms with Crippen LogP contribution in [0.5, 0.6) is 0 Å². The van der Waals surface area contributed by atoms with Gasteiger partial charge in [0.2, 0.25) is 0 Å². The summed E-state index contributed by atoms with van der Waals surface area (Å²) >= 11 is 0. The van der Waals surface area contributed by atoms with Crippen LogP contribution in [0.15, 0.2) is 211 Å². The van der Waals surface area contributed by atoms with Crippen LogP contribution in [0, 0.1) is 0 Å². The zero-order chi connectivity index (χ0) is 37.0. The number of rotatable bonds is 6. The Kier molecular flexibility index (Phi) is 7.66. The van der Waals surface area contributed by atoms with E-state index in [4.69, 9.17) is 4.99 Å². The number of para-hydroxylation sites is 3. The highest BCUT2D eigenvalue weighted by Gasteiger charge is 2.37. The number of aromatic nitrogens is 1. The number of nitrogens with zero attached hydrogens (tertiary/aromatic N) is 3. The largest absolute Gasteiger partial charge is 0.359 e. The van der Waals surface area contributed by atoms with Crippen LogP contribution < -0.4 is 10.2 Å². The van der Waals surface area contributed by atoms with Gasteiger partial charge < -0.3 is 14.8 Å². The van der Waals surface area contributed by atoms with Gasteiger partial charge in [-0.3, -0.25) is 0 Å². The smallest absolute Gasteiger partial charge is 0.134 e. The fourth-order valence-corrected chi connectivity index (χ4v) is 8.94. The molecule has 266 valence electrons. The summed E-state index contributed by atoms with van der Waals surface area (Å²) in [5, 5.41) is 6.28. The van der Waals surface area contributed by atoms with Gasteiger partial charge in [0, 0.05) is 44.9 Å². The molecule has 0 fully saturated rings. The van der Waals surface area contributed by atoms with Gasteiger partial charge in [-0.25, -0.2) is 4.99 Å². The molecule has 3 unspecified atom stereocenters. The van der Waals surface area contributed by atoms with Gasteiger partial charge in [-0.2, -0.15) is 0 Å². The Hall–Kier alpha value is -7.17. The third kappa shape index (κ3) is 5.41. The number of allylic oxidation sites excluding steroid dienone is 2. The van der Waals surface area contributed by atoms with E-state index in [0.29, 0.717) is 0 Å². The van der Waals surface area contributed by atoms with Crippen molar-refractivity contribution in [1.82, 2.24) is 9.88 Å². The molecule has 4 nitrogen and oxygen atoms in total. The molecule has 4 heteroatoms. The molecule has 0 saturated heterocycles. The molecule has 7 aromatic carbocycles. The predicted molar refractivity (Wildman–Crippen MR) is 233 cm³/mol. The topological polar surface area (TPSA) is 32.6 Å². The maximum atomic E-state index is 5.42. The summed E-state index contributed by atoms with van der Waals surface area (Å²) in [6.45, 7) is 0. The molecule has 0 spiro atoms. The zero-order valence-electron chi connectivity index (χ0n) is 30.7. The number of aliphatic imine (C=N–C) groups is 1. The lowest BCUT2D eigenvalue weighted by Gasteiger charge is -2.30. The summed E-state index contributed by atoms with van der Waals surface area (Å²) in [6.07, 6.45) is 11.4. The minimum absolute atomic E-state index is 0.0915. The molecule has 3 heterocycles. The molecule has 1 N–H and O–H groups in total. The van der Waals surface area contributed by atoms with Crippen molar-refractivity contribution in [2.24, 2.45) is 4.99 Å². The first-order valence-corrected chi connectivity index (χ1v) is 19.4. The van der Waals surface area contributed by atoms with Crippen molar-refractivity contribution in [2.45, 2.75) is 18.0 Å². The van der Waals surface area contributed by atoms with Crippen LogP contribution in [0.1, 0.15) is 34.2 Å². The highest BCUT2D eigenvalue weighted by Crippen LogP contribution is 2.49. The zero-order valence-corrected chi connectivity index (χ0v) is 30.7. The summed E-state index contributed by atoms with van der Waals surface area (Å²) in [4.78, 5) is 7.95. The third-order valence-corrected chi connectivity index (χ3v) is 11.5. The minimum atomic E-state index is -0.0915. The van der Waals surface area contributed by atoms with Gasteiger partial charge >= 0.3 is 0 Å². The Morgan fingerprint density at radius 2 is 1.11 bits per heavy atom. The van der Waals surface area contributed by atoms with Crippen molar-refractivity contribution < 1.29 is 0 Å². The summed E-state index contributed by atoms with van der Waals surface area (Å²) in [5.41, 5.74) is 13.8. The number of amidine groups is 1. The summed E-state index contributed by atoms with van der Waals surface area (Å²) in [5.74, 6) is 1.14. The van der Waals surface area contributed by atoms with Crippen LogP contribution >= 0.6 is 0 Å². The predicted octanol–water partition coefficient (Wildman–Crippen LogP) is 12.3. The summed E-state index contributed by atoms with van der Waals surface area (Å²) in [7, 11) is 0. The van der Waals surface area contributed by atoms with Crippen LogP contribution in [-0.2, 0) is 0 Å². The highest BCUT2D eigenvalue weighted by molar-refractivity contribution is 6.09. The average Bonchev–Trinajstić information content (AvgIpc) is 3.80. The molecule has 1 aromatic heterocycles. The van der Waals surface area contributed by atoms with Gasteiger partial charge in [-0.05, 0) is 64.7 Å². The molecule has 1 aliphatic carbocycles. The quantitative estimate of drug-likeness (QED) is 0.186. The van der Waals surface area contributed by atoms with Gasteiger partial charge in [0.05, 0.1) is 28.8 Å². The highest BCUT2D eigenvalue weighted by atomic mass is 15.2. The van der Waals surface area contributed by atoms with Crippen LogP contribution in [0.4, 0.5) is 11.4 Å². The van der Waals surface area contributed by atoms with Crippen molar-refractivity contribution in [3.8, 4) is 16.8 Å². The van der Waals surface area contributed by atoms with Crippen molar-refractivity contribution >= 4 is 44.7 Å². The van der Waals surface area contributed by atoms with Crippen molar-refractivity contribution in [1.29, 1.82) is 0 Å². The van der Waals surface area contributed by atoms with E-state index in [1.807, 2.05) is 0 Å². The van der Waals surface area contributed by atoms with Gasteiger partial charge in [0.25, 0.3) is 0 Å². The maximum Gasteiger partial charge on any atom is 0.134 e. The molecule has 8 aromatic rings. The number of anilines is 2. The molecular weight excluding hydrogens is 681 g/mol. The number of benzene rings is 7. The van der Waals surface area contributed by atoms with E-state index in [1.165, 1.54) is 49.7 Å². The molecule has 0 radical (unpaired) electrons. The standard InChI is InChI=1S/C52H38N4/c1-3-15-35(16-4-1)36-27-29-37(30-28-36)46-34-47(54-52(53-46)38-17-5-2-6-18-38)39-31-40(55-48-23-11-7-19-42(48)43-20-8-12-24-49(43)55)33-41(32-39)56-50-25-13-9-21-44(50)45-22-10-14-26-51(45)56/h1-34,42,46,48H,(H,53,54). The second-order valence-electron chi connectivity index (χ2n) is 14.8. The van der Waals surface area contributed by atoms with Crippen LogP contribution in [-0.4, -0.2) is 16.4 Å². The molecule has 0 amide bonds. The summed E-state index contributed by atoms with van der Waals surface area (Å²) in [6, 6.07) is 63.5. The van der Waals surface area contributed by atoms with Crippen LogP contribution in [0.3, 0.4) is 0 Å². The Morgan fingerprint density at radius 3 is 1.86 bits per heavy atom. The molecular formula is C52H38N4. The van der Waals surface area contributed by atoms with E-state index in [9.17, 15) is 0 Å². The Morgan fingerprint density at radius 1 is 0.500 bits per heavy atom. The van der Waals surface area contributed by atoms with E-state index in [-0.39, 0.29) is 18.0 Å². The van der Waals surface area contributed by atoms with E-state index in [1.54, 1.807) is 0 Å². The first-order chi connectivity index (χ1) is 27.8. The minimum Gasteiger partial charge on any atom is -0.359 e. The first kappa shape index (κ1) is 32.3. The second-order valence-corrected chi connectivity index (χ2v) is 14.8. The number of hydrogen-bond donors (Lipinski definition) is 1. The van der Waals surface area contributed by atoms with E-state index >= 15 is 0 Å². The second kappa shape index (κ2) is 13.3. The molecule has 3 aliphatic rings. The average molecular weight is 719 g/mol. The van der Waals surface area contributed by atoms with Gasteiger partial charge in [0.15, 0.2) is 0 Å². The molecule has 11 rings (SSSR count). The summed E-state index contributed by atoms with van der Waals surface area (Å²) < 4.78 is 2.43. The normalized spacial score (nSPS) is 18.4. The Labute approximate surface area is 326 Å². The van der Waals surface area contributed by atoms with Gasteiger partial charge in [-0.15, -0.1) is 0 Å². The molecule has 56 heavy (non-hydrogen) atoms. The fraction of sp³-hybridized carbons (Fsp3) is 0.0577. The number of hydrogen-bond acceptors (Lipinski definition) is 3. The van der Waals surface area contributed by atoms with Crippen molar-refractivity contribution in [3.63, 3.8) is 0 Å². The van der Waals surface area contributed by atoms with Gasteiger partial charge in [0.1, 0.15) is 5.84 Å². The molecule has 0 bridgehead atoms. The van der Waals surface area contributed by atoms with E-state index in [0.717, 1.165) is 34.0 Å². The van der Waals surface area contributed by atoms with E-state index < -0.39 is 0 Å². The number of nitrogens with one attached hydrogen (secondary N) is 1. The lowest BCUT2D eigenvalue weighted by atomic mass is 9.91. The van der Waals surface area contributed by atoms with Gasteiger partial charge in [-0.1, -0.05) is 164 Å². The maximum absolute atomic E-state index is 5.42. The molecule has 2 aliphatic heterocycles. The SMILES string of the molecule is C1=CC2c3ccccc3N(c3cc(C4=CC(c5ccc(-c6ccccc6)cc5)NC(c5ccccc5)=N4)cc(-n4c5ccccc5c5ccccc54)c3)C2C=C1. The third-order valence-electron chi connectivity index (χ3n) is 11.5. The Balaban J connectivity index is 1.13. The fourth-order valence-electron chi connectivity index (χ4n) is 8.94. The van der Waals surface area contributed by atoms with Crippen LogP contribution in [0.2, 0.25) is 0 Å².